The SMILES string of the molecule is CC[C@@]1(COPOc2ccccc2)CCC(n2ccc(N)nc2=O)O1. The molecule has 0 bridgehead atoms. The average Bonchev–Trinajstić information content (AvgIpc) is 3.04. The highest BCUT2D eigenvalue weighted by atomic mass is 31.1. The molecule has 3 rings (SSSR count). The van der Waals surface area contributed by atoms with E-state index in [-0.39, 0.29) is 21.1 Å². The highest BCUT2D eigenvalue weighted by molar-refractivity contribution is 7.26. The number of ether oxygens (including phenoxy) is 1. The topological polar surface area (TPSA) is 88.6 Å². The molecule has 8 heteroatoms. The summed E-state index contributed by atoms with van der Waals surface area (Å²) >= 11 is 0. The molecule has 2 aromatic rings. The second-order valence-corrected chi connectivity index (χ2v) is 6.64. The fourth-order valence-corrected chi connectivity index (χ4v) is 3.44. The number of nitrogens with two attached hydrogens (primary N) is 1. The van der Waals surface area contributed by atoms with Gasteiger partial charge in [0, 0.05) is 6.20 Å². The van der Waals surface area contributed by atoms with E-state index in [4.69, 9.17) is 19.5 Å². The van der Waals surface area contributed by atoms with Gasteiger partial charge in [-0.1, -0.05) is 25.1 Å². The van der Waals surface area contributed by atoms with E-state index in [1.807, 2.05) is 30.3 Å². The summed E-state index contributed by atoms with van der Waals surface area (Å²) < 4.78 is 18.9. The van der Waals surface area contributed by atoms with E-state index in [2.05, 4.69) is 11.9 Å². The molecule has 134 valence electrons. The number of hydrogen-bond acceptors (Lipinski definition) is 6. The number of rotatable bonds is 7. The summed E-state index contributed by atoms with van der Waals surface area (Å²) in [6.07, 6.45) is 3.60. The van der Waals surface area contributed by atoms with Gasteiger partial charge in [0.05, 0.1) is 12.2 Å². The molecule has 2 unspecified atom stereocenters. The van der Waals surface area contributed by atoms with E-state index >= 15 is 0 Å². The van der Waals surface area contributed by atoms with Crippen LogP contribution in [0.3, 0.4) is 0 Å². The third-order valence-corrected chi connectivity index (χ3v) is 4.92. The Balaban J connectivity index is 1.56. The number of para-hydroxylation sites is 1. The lowest BCUT2D eigenvalue weighted by atomic mass is 9.98. The van der Waals surface area contributed by atoms with Crippen LogP contribution in [0.25, 0.3) is 0 Å². The van der Waals surface area contributed by atoms with Gasteiger partial charge < -0.3 is 19.5 Å². The van der Waals surface area contributed by atoms with Crippen molar-refractivity contribution in [1.82, 2.24) is 9.55 Å². The van der Waals surface area contributed by atoms with Gasteiger partial charge in [-0.25, -0.2) is 4.79 Å². The van der Waals surface area contributed by atoms with Crippen molar-refractivity contribution in [1.29, 1.82) is 0 Å². The van der Waals surface area contributed by atoms with E-state index in [9.17, 15) is 4.79 Å². The highest BCUT2D eigenvalue weighted by Crippen LogP contribution is 2.39. The first-order valence-electron chi connectivity index (χ1n) is 8.23. The summed E-state index contributed by atoms with van der Waals surface area (Å²) in [5.41, 5.74) is 4.72. The van der Waals surface area contributed by atoms with E-state index in [1.165, 1.54) is 4.57 Å². The minimum Gasteiger partial charge on any atom is -0.450 e. The quantitative estimate of drug-likeness (QED) is 0.601. The molecular weight excluding hydrogens is 341 g/mol. The highest BCUT2D eigenvalue weighted by Gasteiger charge is 2.40. The van der Waals surface area contributed by atoms with Crippen LogP contribution < -0.4 is 15.9 Å². The average molecular weight is 363 g/mol. The Morgan fingerprint density at radius 1 is 1.40 bits per heavy atom. The van der Waals surface area contributed by atoms with Gasteiger partial charge in [-0.05, 0) is 37.5 Å². The zero-order chi connectivity index (χ0) is 17.7. The molecule has 0 spiro atoms. The molecule has 1 aliphatic rings. The molecule has 1 aromatic carbocycles. The van der Waals surface area contributed by atoms with Gasteiger partial charge in [-0.2, -0.15) is 4.98 Å². The summed E-state index contributed by atoms with van der Waals surface area (Å²) in [6.45, 7) is 2.47. The maximum Gasteiger partial charge on any atom is 0.351 e. The number of benzene rings is 1. The molecule has 7 nitrogen and oxygen atoms in total. The summed E-state index contributed by atoms with van der Waals surface area (Å²) in [5, 5.41) is 0. The van der Waals surface area contributed by atoms with Crippen molar-refractivity contribution in [2.45, 2.75) is 38.0 Å². The number of nitrogens with zero attached hydrogens (tertiary/aromatic N) is 2. The first kappa shape index (κ1) is 17.9. The van der Waals surface area contributed by atoms with Crippen LogP contribution in [0.2, 0.25) is 0 Å². The van der Waals surface area contributed by atoms with Crippen LogP contribution in [0, 0.1) is 0 Å². The summed E-state index contributed by atoms with van der Waals surface area (Å²) in [6, 6.07) is 11.1. The zero-order valence-corrected chi connectivity index (χ0v) is 15.1. The molecule has 2 heterocycles. The Kier molecular flexibility index (Phi) is 5.68. The molecule has 3 atom stereocenters. The van der Waals surface area contributed by atoms with Gasteiger partial charge in [0.2, 0.25) is 9.03 Å². The molecular formula is C17H22N3O4P. The van der Waals surface area contributed by atoms with Gasteiger partial charge >= 0.3 is 5.69 Å². The Hall–Kier alpha value is -1.95. The maximum absolute atomic E-state index is 12.0. The van der Waals surface area contributed by atoms with Crippen LogP contribution in [-0.2, 0) is 9.26 Å². The zero-order valence-electron chi connectivity index (χ0n) is 14.1. The van der Waals surface area contributed by atoms with Crippen molar-refractivity contribution >= 4 is 14.9 Å². The van der Waals surface area contributed by atoms with Gasteiger partial charge in [0.25, 0.3) is 0 Å². The van der Waals surface area contributed by atoms with Crippen molar-refractivity contribution in [3.8, 4) is 5.75 Å². The maximum atomic E-state index is 12.0. The lowest BCUT2D eigenvalue weighted by Gasteiger charge is -2.28. The predicted octanol–water partition coefficient (Wildman–Crippen LogP) is 2.89. The van der Waals surface area contributed by atoms with Crippen molar-refractivity contribution in [2.24, 2.45) is 0 Å². The van der Waals surface area contributed by atoms with E-state index in [0.717, 1.165) is 25.0 Å². The Labute approximate surface area is 148 Å². The number of nitrogen functional groups attached to an aromatic ring is 1. The molecule has 1 fully saturated rings. The lowest BCUT2D eigenvalue weighted by Crippen LogP contribution is -2.34. The van der Waals surface area contributed by atoms with Gasteiger partial charge in [0.1, 0.15) is 17.8 Å². The van der Waals surface area contributed by atoms with Gasteiger partial charge in [0.15, 0.2) is 0 Å². The fraction of sp³-hybridized carbons (Fsp3) is 0.412. The molecule has 1 aliphatic heterocycles. The first-order chi connectivity index (χ1) is 12.1. The van der Waals surface area contributed by atoms with Gasteiger partial charge in [-0.15, -0.1) is 0 Å². The molecule has 0 radical (unpaired) electrons. The minimum atomic E-state index is -0.418. The molecule has 0 saturated carbocycles. The smallest absolute Gasteiger partial charge is 0.351 e. The molecule has 0 aliphatic carbocycles. The molecule has 1 aromatic heterocycles. The fourth-order valence-electron chi connectivity index (χ4n) is 2.83. The summed E-state index contributed by atoms with van der Waals surface area (Å²) in [5.74, 6) is 0.986. The number of anilines is 1. The van der Waals surface area contributed by atoms with Crippen molar-refractivity contribution in [2.75, 3.05) is 12.3 Å². The first-order valence-corrected chi connectivity index (χ1v) is 9.05. The third-order valence-electron chi connectivity index (χ3n) is 4.34. The Morgan fingerprint density at radius 3 is 2.92 bits per heavy atom. The van der Waals surface area contributed by atoms with Crippen molar-refractivity contribution < 1.29 is 13.8 Å². The van der Waals surface area contributed by atoms with E-state index in [0.29, 0.717) is 6.61 Å². The third kappa shape index (κ3) is 4.37. The van der Waals surface area contributed by atoms with Crippen molar-refractivity contribution in [3.05, 3.63) is 53.1 Å². The molecule has 1 saturated heterocycles. The van der Waals surface area contributed by atoms with E-state index in [1.54, 1.807) is 12.3 Å². The van der Waals surface area contributed by atoms with Crippen LogP contribution in [0.1, 0.15) is 32.4 Å². The van der Waals surface area contributed by atoms with Crippen LogP contribution >= 0.6 is 9.03 Å². The molecule has 25 heavy (non-hydrogen) atoms. The second-order valence-electron chi connectivity index (χ2n) is 5.98. The van der Waals surface area contributed by atoms with E-state index < -0.39 is 11.3 Å². The number of hydrogen-bond donors (Lipinski definition) is 1. The van der Waals surface area contributed by atoms with Crippen LogP contribution in [0.4, 0.5) is 5.82 Å². The van der Waals surface area contributed by atoms with Gasteiger partial charge in [-0.3, -0.25) is 4.57 Å². The van der Waals surface area contributed by atoms with Crippen LogP contribution in [0.15, 0.2) is 47.4 Å². The van der Waals surface area contributed by atoms with Crippen molar-refractivity contribution in [3.63, 3.8) is 0 Å². The Morgan fingerprint density at radius 2 is 2.20 bits per heavy atom. The number of aromatic nitrogens is 2. The van der Waals surface area contributed by atoms with Crippen LogP contribution in [0.5, 0.6) is 5.75 Å². The Bertz CT molecular complexity index is 755. The standard InChI is InChI=1S/C17H22N3O4P/c1-2-17(12-22-25-24-13-6-4-3-5-7-13)10-8-15(23-17)20-11-9-14(18)19-16(20)21/h3-7,9,11,15,25H,2,8,10,12H2,1H3,(H2,18,19,21)/t15?,17-/m0/s1. The lowest BCUT2D eigenvalue weighted by molar-refractivity contribution is -0.0949. The second kappa shape index (κ2) is 7.95. The summed E-state index contributed by atoms with van der Waals surface area (Å²) in [4.78, 5) is 15.7. The molecule has 0 amide bonds. The van der Waals surface area contributed by atoms with Crippen LogP contribution in [-0.4, -0.2) is 21.8 Å². The predicted molar refractivity (Wildman–Crippen MR) is 96.6 cm³/mol. The monoisotopic (exact) mass is 363 g/mol. The minimum absolute atomic E-state index is 0.103. The normalized spacial score (nSPS) is 23.3. The molecule has 2 N–H and O–H groups in total. The largest absolute Gasteiger partial charge is 0.450 e. The summed E-state index contributed by atoms with van der Waals surface area (Å²) in [7, 11) is -0.103.